The first-order valence-electron chi connectivity index (χ1n) is 6.99. The molecule has 7 heteroatoms. The number of aromatic nitrogens is 1. The van der Waals surface area contributed by atoms with Crippen molar-refractivity contribution >= 4 is 23.2 Å². The Morgan fingerprint density at radius 3 is 2.95 bits per heavy atom. The molecule has 0 saturated carbocycles. The fraction of sp³-hybridized carbons (Fsp3) is 0.643. The third-order valence-electron chi connectivity index (χ3n) is 3.57. The Labute approximate surface area is 127 Å². The average molecular weight is 312 g/mol. The number of carboxylic acid groups (broad SMARTS) is 1. The second-order valence-electron chi connectivity index (χ2n) is 5.76. The molecule has 1 aliphatic rings. The van der Waals surface area contributed by atoms with Crippen LogP contribution in [0.5, 0.6) is 0 Å². The van der Waals surface area contributed by atoms with Crippen LogP contribution in [0.3, 0.4) is 0 Å². The highest BCUT2D eigenvalue weighted by atomic mass is 32.1. The van der Waals surface area contributed by atoms with Crippen LogP contribution in [0.4, 0.5) is 0 Å². The van der Waals surface area contributed by atoms with Gasteiger partial charge in [0.25, 0.3) is 5.91 Å². The van der Waals surface area contributed by atoms with Gasteiger partial charge in [0, 0.05) is 13.2 Å². The quantitative estimate of drug-likeness (QED) is 0.841. The summed E-state index contributed by atoms with van der Waals surface area (Å²) in [7, 11) is 0. The lowest BCUT2D eigenvalue weighted by atomic mass is 9.90. The number of hydrogen-bond acceptors (Lipinski definition) is 5. The number of ether oxygens (including phenoxy) is 1. The van der Waals surface area contributed by atoms with E-state index in [1.54, 1.807) is 20.0 Å². The first-order valence-corrected chi connectivity index (χ1v) is 7.81. The van der Waals surface area contributed by atoms with E-state index in [2.05, 4.69) is 10.3 Å². The van der Waals surface area contributed by atoms with Crippen molar-refractivity contribution < 1.29 is 19.4 Å². The third-order valence-corrected chi connectivity index (χ3v) is 4.66. The number of aliphatic carboxylic acids is 1. The normalized spacial score (nSPS) is 18.7. The monoisotopic (exact) mass is 312 g/mol. The summed E-state index contributed by atoms with van der Waals surface area (Å²) < 4.78 is 5.54. The molecule has 1 aliphatic heterocycles. The SMILES string of the molecule is CC(C)(CCNC(=O)c1cnc(C2CCCO2)s1)C(=O)O. The maximum atomic E-state index is 12.0. The zero-order chi connectivity index (χ0) is 15.5. The Bertz CT molecular complexity index is 521. The molecule has 1 fully saturated rings. The van der Waals surface area contributed by atoms with Gasteiger partial charge in [0.05, 0.1) is 11.6 Å². The van der Waals surface area contributed by atoms with Crippen LogP contribution in [0.2, 0.25) is 0 Å². The average Bonchev–Trinajstić information content (AvgIpc) is 3.09. The number of carbonyl (C=O) groups is 2. The largest absolute Gasteiger partial charge is 0.481 e. The first kappa shape index (κ1) is 15.9. The molecule has 1 aromatic rings. The molecule has 0 spiro atoms. The molecular formula is C14H20N2O4S. The van der Waals surface area contributed by atoms with E-state index in [1.165, 1.54) is 11.3 Å². The molecule has 116 valence electrons. The lowest BCUT2D eigenvalue weighted by Crippen LogP contribution is -2.31. The van der Waals surface area contributed by atoms with Crippen LogP contribution in [-0.4, -0.2) is 35.1 Å². The van der Waals surface area contributed by atoms with Crippen LogP contribution < -0.4 is 5.32 Å². The van der Waals surface area contributed by atoms with E-state index in [-0.39, 0.29) is 12.0 Å². The van der Waals surface area contributed by atoms with Crippen molar-refractivity contribution in [2.75, 3.05) is 13.2 Å². The van der Waals surface area contributed by atoms with Crippen LogP contribution in [0.15, 0.2) is 6.20 Å². The highest BCUT2D eigenvalue weighted by Gasteiger charge is 2.27. The molecular weight excluding hydrogens is 292 g/mol. The molecule has 1 saturated heterocycles. The Balaban J connectivity index is 1.85. The second kappa shape index (κ2) is 6.53. The predicted molar refractivity (Wildman–Crippen MR) is 78.4 cm³/mol. The number of carbonyl (C=O) groups excluding carboxylic acids is 1. The van der Waals surface area contributed by atoms with Crippen molar-refractivity contribution in [3.63, 3.8) is 0 Å². The van der Waals surface area contributed by atoms with Crippen molar-refractivity contribution in [3.8, 4) is 0 Å². The van der Waals surface area contributed by atoms with Crippen molar-refractivity contribution in [2.24, 2.45) is 5.41 Å². The van der Waals surface area contributed by atoms with E-state index in [4.69, 9.17) is 9.84 Å². The van der Waals surface area contributed by atoms with Gasteiger partial charge in [0.2, 0.25) is 0 Å². The zero-order valence-electron chi connectivity index (χ0n) is 12.2. The zero-order valence-corrected chi connectivity index (χ0v) is 13.0. The molecule has 2 N–H and O–H groups in total. The van der Waals surface area contributed by atoms with Crippen molar-refractivity contribution in [2.45, 2.75) is 39.2 Å². The maximum absolute atomic E-state index is 12.0. The van der Waals surface area contributed by atoms with Gasteiger partial charge < -0.3 is 15.2 Å². The Hall–Kier alpha value is -1.47. The topological polar surface area (TPSA) is 88.5 Å². The number of nitrogens with one attached hydrogen (secondary N) is 1. The number of nitrogens with zero attached hydrogens (tertiary/aromatic N) is 1. The molecule has 2 heterocycles. The standard InChI is InChI=1S/C14H20N2O4S/c1-14(2,13(18)19)5-6-15-11(17)10-8-16-12(21-10)9-4-3-7-20-9/h8-9H,3-7H2,1-2H3,(H,15,17)(H,18,19). The van der Waals surface area contributed by atoms with Gasteiger partial charge >= 0.3 is 5.97 Å². The fourth-order valence-corrected chi connectivity index (χ4v) is 2.91. The van der Waals surface area contributed by atoms with Gasteiger partial charge in [-0.25, -0.2) is 4.98 Å². The summed E-state index contributed by atoms with van der Waals surface area (Å²) in [5, 5.41) is 12.6. The maximum Gasteiger partial charge on any atom is 0.309 e. The molecule has 0 radical (unpaired) electrons. The van der Waals surface area contributed by atoms with Crippen molar-refractivity contribution in [1.82, 2.24) is 10.3 Å². The molecule has 1 amide bonds. The number of amides is 1. The Kier molecular flexibility index (Phi) is 4.95. The van der Waals surface area contributed by atoms with Crippen molar-refractivity contribution in [1.29, 1.82) is 0 Å². The number of hydrogen-bond donors (Lipinski definition) is 2. The van der Waals surface area contributed by atoms with E-state index < -0.39 is 11.4 Å². The molecule has 1 unspecified atom stereocenters. The van der Waals surface area contributed by atoms with Gasteiger partial charge in [-0.1, -0.05) is 0 Å². The lowest BCUT2D eigenvalue weighted by molar-refractivity contribution is -0.147. The highest BCUT2D eigenvalue weighted by Crippen LogP contribution is 2.31. The van der Waals surface area contributed by atoms with Crippen LogP contribution in [-0.2, 0) is 9.53 Å². The number of rotatable bonds is 6. The summed E-state index contributed by atoms with van der Waals surface area (Å²) in [6, 6.07) is 0. The molecule has 2 rings (SSSR count). The summed E-state index contributed by atoms with van der Waals surface area (Å²) in [6.45, 7) is 4.36. The minimum absolute atomic E-state index is 0.0162. The van der Waals surface area contributed by atoms with Gasteiger partial charge in [-0.3, -0.25) is 9.59 Å². The Morgan fingerprint density at radius 1 is 1.57 bits per heavy atom. The predicted octanol–water partition coefficient (Wildman–Crippen LogP) is 2.23. The van der Waals surface area contributed by atoms with Gasteiger partial charge in [0.1, 0.15) is 16.0 Å². The molecule has 1 atom stereocenters. The smallest absolute Gasteiger partial charge is 0.309 e. The molecule has 1 aromatic heterocycles. The van der Waals surface area contributed by atoms with E-state index in [9.17, 15) is 9.59 Å². The third kappa shape index (κ3) is 4.01. The van der Waals surface area contributed by atoms with Crippen molar-refractivity contribution in [3.05, 3.63) is 16.1 Å². The fourth-order valence-electron chi connectivity index (χ4n) is 2.00. The molecule has 21 heavy (non-hydrogen) atoms. The first-order chi connectivity index (χ1) is 9.90. The molecule has 6 nitrogen and oxygen atoms in total. The summed E-state index contributed by atoms with van der Waals surface area (Å²) in [5.74, 6) is -1.08. The molecule has 0 aliphatic carbocycles. The van der Waals surface area contributed by atoms with Crippen LogP contribution in [0, 0.1) is 5.41 Å². The summed E-state index contributed by atoms with van der Waals surface area (Å²) in [5.41, 5.74) is -0.843. The Morgan fingerprint density at radius 2 is 2.33 bits per heavy atom. The second-order valence-corrected chi connectivity index (χ2v) is 6.82. The molecule has 0 aromatic carbocycles. The minimum Gasteiger partial charge on any atom is -0.481 e. The van der Waals surface area contributed by atoms with E-state index in [0.717, 1.165) is 24.5 Å². The van der Waals surface area contributed by atoms with Gasteiger partial charge in [-0.05, 0) is 33.1 Å². The van der Waals surface area contributed by atoms with Gasteiger partial charge in [0.15, 0.2) is 0 Å². The number of carboxylic acids is 1. The van der Waals surface area contributed by atoms with E-state index in [1.807, 2.05) is 0 Å². The summed E-state index contributed by atoms with van der Waals surface area (Å²) >= 11 is 1.34. The van der Waals surface area contributed by atoms with Gasteiger partial charge in [-0.2, -0.15) is 0 Å². The lowest BCUT2D eigenvalue weighted by Gasteiger charge is -2.18. The summed E-state index contributed by atoms with van der Waals surface area (Å²) in [6.07, 6.45) is 3.92. The minimum atomic E-state index is -0.866. The highest BCUT2D eigenvalue weighted by molar-refractivity contribution is 7.13. The van der Waals surface area contributed by atoms with E-state index >= 15 is 0 Å². The number of thiazole rings is 1. The van der Waals surface area contributed by atoms with E-state index in [0.29, 0.717) is 17.8 Å². The van der Waals surface area contributed by atoms with Gasteiger partial charge in [-0.15, -0.1) is 11.3 Å². The van der Waals surface area contributed by atoms with Crippen LogP contribution >= 0.6 is 11.3 Å². The van der Waals surface area contributed by atoms with Crippen LogP contribution in [0.25, 0.3) is 0 Å². The summed E-state index contributed by atoms with van der Waals surface area (Å²) in [4.78, 5) is 27.8. The van der Waals surface area contributed by atoms with Crippen LogP contribution in [0.1, 0.15) is 53.9 Å². The molecule has 0 bridgehead atoms.